The Labute approximate surface area is 151 Å². The van der Waals surface area contributed by atoms with Gasteiger partial charge in [0.2, 0.25) is 5.91 Å². The summed E-state index contributed by atoms with van der Waals surface area (Å²) >= 11 is 0. The Hall–Kier alpha value is -2.89. The predicted molar refractivity (Wildman–Crippen MR) is 96.5 cm³/mol. The van der Waals surface area contributed by atoms with Gasteiger partial charge in [-0.1, -0.05) is 18.2 Å². The molecule has 1 aromatic heterocycles. The molecular weight excluding hydrogens is 328 g/mol. The molecule has 132 valence electrons. The van der Waals surface area contributed by atoms with Crippen LogP contribution in [0.3, 0.4) is 0 Å². The number of amides is 2. The lowest BCUT2D eigenvalue weighted by atomic mass is 9.86. The van der Waals surface area contributed by atoms with Gasteiger partial charge in [0, 0.05) is 30.0 Å². The van der Waals surface area contributed by atoms with E-state index in [9.17, 15) is 9.59 Å². The lowest BCUT2D eigenvalue weighted by molar-refractivity contribution is -0.132. The lowest BCUT2D eigenvalue weighted by Crippen LogP contribution is -2.64. The molecule has 0 saturated carbocycles. The third-order valence-corrected chi connectivity index (χ3v) is 5.84. The summed E-state index contributed by atoms with van der Waals surface area (Å²) in [6, 6.07) is 13.3. The molecule has 2 bridgehead atoms. The van der Waals surface area contributed by atoms with E-state index >= 15 is 0 Å². The minimum atomic E-state index is -0.561. The van der Waals surface area contributed by atoms with E-state index in [1.807, 2.05) is 47.4 Å². The first kappa shape index (κ1) is 15.4. The number of aromatic nitrogens is 1. The minimum absolute atomic E-state index is 0.0268. The molecule has 2 amide bonds. The molecule has 1 spiro atoms. The normalized spacial score (nSPS) is 28.6. The van der Waals surface area contributed by atoms with Crippen molar-refractivity contribution in [3.8, 4) is 0 Å². The molecule has 26 heavy (non-hydrogen) atoms. The molecule has 2 N–H and O–H groups in total. The number of hydrogen-bond donors (Lipinski definition) is 2. The number of fused-ring (bicyclic) bond motifs is 4. The van der Waals surface area contributed by atoms with Crippen LogP contribution in [0.15, 0.2) is 48.7 Å². The highest BCUT2D eigenvalue weighted by Gasteiger charge is 2.59. The summed E-state index contributed by atoms with van der Waals surface area (Å²) < 4.78 is 0. The first-order valence-corrected chi connectivity index (χ1v) is 9.07. The quantitative estimate of drug-likeness (QED) is 0.870. The number of rotatable bonds is 2. The van der Waals surface area contributed by atoms with Gasteiger partial charge in [0.1, 0.15) is 5.66 Å². The fraction of sp³-hybridized carbons (Fsp3) is 0.350. The summed E-state index contributed by atoms with van der Waals surface area (Å²) in [6.45, 7) is 0. The second kappa shape index (κ2) is 5.56. The van der Waals surface area contributed by atoms with Crippen molar-refractivity contribution in [1.82, 2.24) is 15.2 Å². The Kier molecular flexibility index (Phi) is 3.29. The number of nitrogens with one attached hydrogen (secondary N) is 2. The molecule has 3 atom stereocenters. The summed E-state index contributed by atoms with van der Waals surface area (Å²) in [7, 11) is 0. The van der Waals surface area contributed by atoms with Gasteiger partial charge >= 0.3 is 0 Å². The van der Waals surface area contributed by atoms with Crippen LogP contribution in [0.5, 0.6) is 0 Å². The maximum Gasteiger partial charge on any atom is 0.255 e. The van der Waals surface area contributed by atoms with Crippen molar-refractivity contribution in [2.75, 3.05) is 5.32 Å². The summed E-state index contributed by atoms with van der Waals surface area (Å²) in [4.78, 5) is 31.9. The van der Waals surface area contributed by atoms with E-state index in [1.165, 1.54) is 0 Å². The maximum absolute atomic E-state index is 13.0. The van der Waals surface area contributed by atoms with Gasteiger partial charge in [0.05, 0.1) is 18.0 Å². The van der Waals surface area contributed by atoms with Gasteiger partial charge in [-0.3, -0.25) is 14.6 Å². The summed E-state index contributed by atoms with van der Waals surface area (Å²) in [5, 5.41) is 6.71. The Balaban J connectivity index is 1.43. The number of pyridine rings is 1. The molecule has 0 radical (unpaired) electrons. The van der Waals surface area contributed by atoms with Crippen LogP contribution < -0.4 is 10.6 Å². The third-order valence-electron chi connectivity index (χ3n) is 5.84. The van der Waals surface area contributed by atoms with Crippen molar-refractivity contribution in [3.05, 3.63) is 59.9 Å². The Morgan fingerprint density at radius 1 is 1.15 bits per heavy atom. The van der Waals surface area contributed by atoms with Crippen LogP contribution in [0.25, 0.3) is 0 Å². The van der Waals surface area contributed by atoms with E-state index in [0.717, 1.165) is 30.6 Å². The first-order chi connectivity index (χ1) is 12.7. The van der Waals surface area contributed by atoms with Gasteiger partial charge in [0.15, 0.2) is 0 Å². The number of hydrogen-bond acceptors (Lipinski definition) is 4. The topological polar surface area (TPSA) is 74.3 Å². The Bertz CT molecular complexity index is 884. The van der Waals surface area contributed by atoms with Gasteiger partial charge in [-0.15, -0.1) is 0 Å². The van der Waals surface area contributed by atoms with E-state index in [2.05, 4.69) is 15.6 Å². The van der Waals surface area contributed by atoms with Crippen LogP contribution in [0.2, 0.25) is 0 Å². The molecular formula is C20H20N4O2. The number of carbonyl (C=O) groups is 2. The highest BCUT2D eigenvalue weighted by atomic mass is 16.2. The Morgan fingerprint density at radius 3 is 2.85 bits per heavy atom. The standard InChI is InChI=1S/C20H20N4O2/c25-18(11-13-5-3-4-10-21-13)24-14-8-9-17(24)20(12-14)22-16-7-2-1-6-15(16)19(26)23-20/h1-7,10,14,17,22H,8-9,11-12H2,(H,23,26)/t14-,17-,20-/m1/s1. The zero-order valence-electron chi connectivity index (χ0n) is 14.3. The largest absolute Gasteiger partial charge is 0.360 e. The van der Waals surface area contributed by atoms with Crippen molar-refractivity contribution >= 4 is 17.5 Å². The number of para-hydroxylation sites is 1. The molecule has 6 heteroatoms. The van der Waals surface area contributed by atoms with Crippen LogP contribution in [-0.2, 0) is 11.2 Å². The van der Waals surface area contributed by atoms with Crippen molar-refractivity contribution in [1.29, 1.82) is 0 Å². The Morgan fingerprint density at radius 2 is 2.00 bits per heavy atom. The van der Waals surface area contributed by atoms with Crippen LogP contribution in [0, 0.1) is 0 Å². The molecule has 3 aliphatic heterocycles. The molecule has 1 aromatic carbocycles. The minimum Gasteiger partial charge on any atom is -0.360 e. The highest BCUT2D eigenvalue weighted by Crippen LogP contribution is 2.46. The molecule has 2 aromatic rings. The van der Waals surface area contributed by atoms with E-state index < -0.39 is 5.66 Å². The third kappa shape index (κ3) is 2.21. The lowest BCUT2D eigenvalue weighted by Gasteiger charge is -2.43. The van der Waals surface area contributed by atoms with Crippen LogP contribution in [0.1, 0.15) is 35.3 Å². The van der Waals surface area contributed by atoms with Gasteiger partial charge < -0.3 is 15.5 Å². The number of anilines is 1. The first-order valence-electron chi connectivity index (χ1n) is 9.07. The summed E-state index contributed by atoms with van der Waals surface area (Å²) in [6.07, 6.45) is 4.64. The van der Waals surface area contributed by atoms with Gasteiger partial charge in [-0.2, -0.15) is 0 Å². The monoisotopic (exact) mass is 348 g/mol. The van der Waals surface area contributed by atoms with Crippen molar-refractivity contribution in [2.45, 2.75) is 43.4 Å². The number of nitrogens with zero attached hydrogens (tertiary/aromatic N) is 2. The van der Waals surface area contributed by atoms with Gasteiger partial charge in [-0.25, -0.2) is 0 Å². The average Bonchev–Trinajstić information content (AvgIpc) is 3.18. The second-order valence-electron chi connectivity index (χ2n) is 7.35. The van der Waals surface area contributed by atoms with Crippen molar-refractivity contribution in [2.24, 2.45) is 0 Å². The van der Waals surface area contributed by atoms with Crippen molar-refractivity contribution < 1.29 is 9.59 Å². The smallest absolute Gasteiger partial charge is 0.255 e. The highest BCUT2D eigenvalue weighted by molar-refractivity contribution is 6.02. The fourth-order valence-electron chi connectivity index (χ4n) is 4.80. The number of carbonyl (C=O) groups excluding carboxylic acids is 2. The van der Waals surface area contributed by atoms with Crippen LogP contribution in [-0.4, -0.2) is 39.4 Å². The summed E-state index contributed by atoms with van der Waals surface area (Å²) in [5.74, 6) is 0.0204. The van der Waals surface area contributed by atoms with E-state index in [-0.39, 0.29) is 23.9 Å². The molecule has 2 fully saturated rings. The molecule has 2 saturated heterocycles. The molecule has 0 unspecified atom stereocenters. The SMILES string of the molecule is O=C1N[C@@]2(C[C@H]3CC[C@H]2N3C(=O)Cc2ccccn2)Nc2ccccc21. The second-order valence-corrected chi connectivity index (χ2v) is 7.35. The zero-order valence-corrected chi connectivity index (χ0v) is 14.3. The molecule has 4 heterocycles. The van der Waals surface area contributed by atoms with E-state index in [4.69, 9.17) is 0 Å². The molecule has 6 nitrogen and oxygen atoms in total. The summed E-state index contributed by atoms with van der Waals surface area (Å²) in [5.41, 5.74) is 1.73. The van der Waals surface area contributed by atoms with Gasteiger partial charge in [-0.05, 0) is 37.1 Å². The van der Waals surface area contributed by atoms with Crippen molar-refractivity contribution in [3.63, 3.8) is 0 Å². The number of benzene rings is 1. The van der Waals surface area contributed by atoms with Crippen LogP contribution >= 0.6 is 0 Å². The zero-order chi connectivity index (χ0) is 17.7. The fourth-order valence-corrected chi connectivity index (χ4v) is 4.80. The average molecular weight is 348 g/mol. The maximum atomic E-state index is 13.0. The molecule has 0 aliphatic carbocycles. The molecule has 5 rings (SSSR count). The van der Waals surface area contributed by atoms with E-state index in [1.54, 1.807) is 6.20 Å². The molecule has 3 aliphatic rings. The predicted octanol–water partition coefficient (Wildman–Crippen LogP) is 1.94. The van der Waals surface area contributed by atoms with Gasteiger partial charge in [0.25, 0.3) is 5.91 Å². The van der Waals surface area contributed by atoms with E-state index in [0.29, 0.717) is 12.0 Å². The van der Waals surface area contributed by atoms with Crippen LogP contribution in [0.4, 0.5) is 5.69 Å².